The van der Waals surface area contributed by atoms with E-state index in [1.165, 1.54) is 44.9 Å². The van der Waals surface area contributed by atoms with Crippen LogP contribution < -0.4 is 0 Å². The monoisotopic (exact) mass is 322 g/mol. The van der Waals surface area contributed by atoms with Gasteiger partial charge in [0.05, 0.1) is 12.2 Å². The van der Waals surface area contributed by atoms with Crippen LogP contribution in [0.15, 0.2) is 0 Å². The quantitative estimate of drug-likeness (QED) is 0.436. The minimum absolute atomic E-state index is 0.0707. The fourth-order valence-corrected chi connectivity index (χ4v) is 3.32. The molecule has 0 spiro atoms. The van der Waals surface area contributed by atoms with Crippen molar-refractivity contribution < 1.29 is 21.9 Å². The molecule has 1 fully saturated rings. The van der Waals surface area contributed by atoms with E-state index in [0.29, 0.717) is 12.8 Å². The predicted octanol–water partition coefficient (Wildman–Crippen LogP) is 3.88. The molecule has 0 saturated heterocycles. The van der Waals surface area contributed by atoms with E-state index in [1.54, 1.807) is 0 Å². The average Bonchev–Trinajstić information content (AvgIpc) is 2.82. The van der Waals surface area contributed by atoms with E-state index in [1.807, 2.05) is 0 Å². The molecule has 1 rings (SSSR count). The van der Waals surface area contributed by atoms with Crippen LogP contribution in [0.1, 0.15) is 77.6 Å². The normalized spacial score (nSPS) is 22.8. The summed E-state index contributed by atoms with van der Waals surface area (Å²) in [6.45, 7) is 2.96. The van der Waals surface area contributed by atoms with Gasteiger partial charge in [-0.2, -0.15) is 8.42 Å². The van der Waals surface area contributed by atoms with Crippen LogP contribution in [-0.4, -0.2) is 31.8 Å². The van der Waals surface area contributed by atoms with E-state index in [2.05, 4.69) is 11.1 Å². The highest BCUT2D eigenvalue weighted by Gasteiger charge is 2.29. The molecule has 1 saturated carbocycles. The van der Waals surface area contributed by atoms with Crippen LogP contribution in [0.2, 0.25) is 0 Å². The minimum Gasteiger partial charge on any atom is -0.378 e. The Hall–Kier alpha value is -0.170. The lowest BCUT2D eigenvalue weighted by molar-refractivity contribution is 0.0469. The van der Waals surface area contributed by atoms with Crippen LogP contribution in [0.3, 0.4) is 0 Å². The summed E-state index contributed by atoms with van der Waals surface area (Å²) in [6, 6.07) is 0. The molecule has 0 aliphatic heterocycles. The van der Waals surface area contributed by atoms with Crippen molar-refractivity contribution in [1.82, 2.24) is 0 Å². The van der Waals surface area contributed by atoms with Crippen molar-refractivity contribution in [3.8, 4) is 0 Å². The van der Waals surface area contributed by atoms with Gasteiger partial charge in [0.1, 0.15) is 0 Å². The zero-order valence-electron chi connectivity index (χ0n) is 13.1. The minimum atomic E-state index is -4.33. The molecule has 6 heteroatoms. The maximum atomic E-state index is 10.6. The molecule has 0 aromatic carbocycles. The fourth-order valence-electron chi connectivity index (χ4n) is 2.80. The largest absolute Gasteiger partial charge is 0.397 e. The fraction of sp³-hybridized carbons (Fsp3) is 1.00. The van der Waals surface area contributed by atoms with E-state index in [-0.39, 0.29) is 6.10 Å². The molecule has 0 amide bonds. The third-order valence-corrected chi connectivity index (χ3v) is 4.46. The lowest BCUT2D eigenvalue weighted by Gasteiger charge is -2.12. The summed E-state index contributed by atoms with van der Waals surface area (Å²) in [5.41, 5.74) is 0. The van der Waals surface area contributed by atoms with Crippen LogP contribution in [0.4, 0.5) is 0 Å². The number of unbranched alkanes of at least 4 members (excludes halogenated alkanes) is 7. The third kappa shape index (κ3) is 10.2. The molecule has 0 radical (unpaired) electrons. The first-order valence-electron chi connectivity index (χ1n) is 8.28. The van der Waals surface area contributed by atoms with Gasteiger partial charge in [0.2, 0.25) is 0 Å². The zero-order valence-corrected chi connectivity index (χ0v) is 13.9. The van der Waals surface area contributed by atoms with Crippen molar-refractivity contribution in [2.75, 3.05) is 6.61 Å². The average molecular weight is 322 g/mol. The lowest BCUT2D eigenvalue weighted by Crippen LogP contribution is -2.17. The summed E-state index contributed by atoms with van der Waals surface area (Å²) < 4.78 is 40.2. The summed E-state index contributed by atoms with van der Waals surface area (Å²) in [7, 11) is -4.33. The lowest BCUT2D eigenvalue weighted by atomic mass is 10.1. The Morgan fingerprint density at radius 1 is 0.952 bits per heavy atom. The molecular weight excluding hydrogens is 292 g/mol. The topological polar surface area (TPSA) is 72.8 Å². The van der Waals surface area contributed by atoms with Crippen molar-refractivity contribution in [1.29, 1.82) is 0 Å². The van der Waals surface area contributed by atoms with Crippen LogP contribution in [0.25, 0.3) is 0 Å². The first-order valence-corrected chi connectivity index (χ1v) is 9.65. The Morgan fingerprint density at radius 3 is 2.14 bits per heavy atom. The van der Waals surface area contributed by atoms with E-state index in [4.69, 9.17) is 9.29 Å². The van der Waals surface area contributed by atoms with Crippen LogP contribution >= 0.6 is 0 Å². The molecule has 2 unspecified atom stereocenters. The maximum absolute atomic E-state index is 10.6. The van der Waals surface area contributed by atoms with Gasteiger partial charge in [0, 0.05) is 13.0 Å². The summed E-state index contributed by atoms with van der Waals surface area (Å²) in [5.74, 6) is 0. The summed E-state index contributed by atoms with van der Waals surface area (Å²) in [5, 5.41) is 0. The van der Waals surface area contributed by atoms with Crippen molar-refractivity contribution in [2.45, 2.75) is 89.8 Å². The van der Waals surface area contributed by atoms with Gasteiger partial charge in [0.25, 0.3) is 0 Å². The molecule has 1 aliphatic rings. The highest BCUT2D eigenvalue weighted by Crippen LogP contribution is 2.26. The number of hydrogen-bond acceptors (Lipinski definition) is 4. The molecule has 0 aromatic rings. The highest BCUT2D eigenvalue weighted by atomic mass is 32.3. The first-order chi connectivity index (χ1) is 10.0. The first kappa shape index (κ1) is 18.9. The Bertz CT molecular complexity index is 355. The number of hydrogen-bond donors (Lipinski definition) is 1. The van der Waals surface area contributed by atoms with Crippen molar-refractivity contribution >= 4 is 10.4 Å². The van der Waals surface area contributed by atoms with Crippen molar-refractivity contribution in [2.24, 2.45) is 0 Å². The van der Waals surface area contributed by atoms with Gasteiger partial charge < -0.3 is 4.74 Å². The Labute approximate surface area is 129 Å². The van der Waals surface area contributed by atoms with E-state index in [0.717, 1.165) is 19.4 Å². The van der Waals surface area contributed by atoms with E-state index < -0.39 is 16.5 Å². The van der Waals surface area contributed by atoms with E-state index in [9.17, 15) is 8.42 Å². The predicted molar refractivity (Wildman–Crippen MR) is 82.6 cm³/mol. The molecule has 1 aliphatic carbocycles. The van der Waals surface area contributed by atoms with Gasteiger partial charge in [-0.1, -0.05) is 51.9 Å². The van der Waals surface area contributed by atoms with E-state index >= 15 is 0 Å². The van der Waals surface area contributed by atoms with Crippen molar-refractivity contribution in [3.05, 3.63) is 0 Å². The molecular formula is C15H30O5S. The zero-order chi connectivity index (χ0) is 15.6. The second kappa shape index (κ2) is 10.5. The van der Waals surface area contributed by atoms with Gasteiger partial charge in [-0.25, -0.2) is 4.18 Å². The second-order valence-electron chi connectivity index (χ2n) is 5.93. The Morgan fingerprint density at radius 2 is 1.52 bits per heavy atom. The molecule has 2 atom stereocenters. The molecule has 21 heavy (non-hydrogen) atoms. The molecule has 0 bridgehead atoms. The van der Waals surface area contributed by atoms with Gasteiger partial charge in [-0.15, -0.1) is 0 Å². The molecule has 126 valence electrons. The number of ether oxygens (including phenoxy) is 1. The standard InChI is InChI=1S/C15H30O5S/c1-2-3-4-5-6-7-8-9-12-19-14-10-11-15(13-14)20-21(16,17)18/h14-15H,2-13H2,1H3,(H,16,17,18). The Kier molecular flexibility index (Phi) is 9.47. The molecule has 0 aromatic heterocycles. The molecule has 5 nitrogen and oxygen atoms in total. The molecule has 0 heterocycles. The summed E-state index contributed by atoms with van der Waals surface area (Å²) in [4.78, 5) is 0. The SMILES string of the molecule is CCCCCCCCCCOC1CCC(OS(=O)(=O)O)C1. The third-order valence-electron chi connectivity index (χ3n) is 3.95. The number of rotatable bonds is 12. The van der Waals surface area contributed by atoms with Gasteiger partial charge >= 0.3 is 10.4 Å². The second-order valence-corrected chi connectivity index (χ2v) is 6.97. The van der Waals surface area contributed by atoms with Crippen LogP contribution in [0, 0.1) is 0 Å². The van der Waals surface area contributed by atoms with Gasteiger partial charge in [-0.05, 0) is 19.3 Å². The van der Waals surface area contributed by atoms with Crippen LogP contribution in [0.5, 0.6) is 0 Å². The Balaban J connectivity index is 1.92. The molecule has 1 N–H and O–H groups in total. The smallest absolute Gasteiger partial charge is 0.378 e. The van der Waals surface area contributed by atoms with Crippen molar-refractivity contribution in [3.63, 3.8) is 0 Å². The van der Waals surface area contributed by atoms with Crippen LogP contribution in [-0.2, 0) is 19.3 Å². The highest BCUT2D eigenvalue weighted by molar-refractivity contribution is 7.80. The van der Waals surface area contributed by atoms with Gasteiger partial charge in [0.15, 0.2) is 0 Å². The van der Waals surface area contributed by atoms with Gasteiger partial charge in [-0.3, -0.25) is 4.55 Å². The summed E-state index contributed by atoms with van der Waals surface area (Å²) >= 11 is 0. The summed E-state index contributed by atoms with van der Waals surface area (Å²) in [6.07, 6.45) is 11.8. The maximum Gasteiger partial charge on any atom is 0.397 e.